The number of nitrogens with zero attached hydrogens (tertiary/aromatic N) is 2. The van der Waals surface area contributed by atoms with Gasteiger partial charge in [-0.05, 0) is 24.3 Å². The monoisotopic (exact) mass is 422 g/mol. The van der Waals surface area contributed by atoms with E-state index in [1.54, 1.807) is 0 Å². The summed E-state index contributed by atoms with van der Waals surface area (Å²) in [6.45, 7) is 2.07. The van der Waals surface area contributed by atoms with Crippen LogP contribution in [0.15, 0.2) is 60.7 Å². The van der Waals surface area contributed by atoms with Gasteiger partial charge in [-0.3, -0.25) is 0 Å². The maximum Gasteiger partial charge on any atom is 0.0566 e. The summed E-state index contributed by atoms with van der Waals surface area (Å²) in [5.41, 5.74) is 2.62. The molecule has 2 nitrogen and oxygen atoms in total. The van der Waals surface area contributed by atoms with E-state index in [2.05, 4.69) is 102 Å². The van der Waals surface area contributed by atoms with E-state index in [4.69, 9.17) is 0 Å². The molecule has 0 aromatic heterocycles. The highest BCUT2D eigenvalue weighted by Gasteiger charge is 2.33. The molecule has 1 aliphatic heterocycles. The topological polar surface area (TPSA) is 6.48 Å². The van der Waals surface area contributed by atoms with Crippen molar-refractivity contribution in [2.75, 3.05) is 33.5 Å². The Hall–Kier alpha value is -1.00. The maximum absolute atomic E-state index is 3.72. The molecule has 0 N–H and O–H groups in total. The number of halogens is 2. The van der Waals surface area contributed by atoms with Crippen LogP contribution >= 0.6 is 31.9 Å². The number of alkyl halides is 2. The highest BCUT2D eigenvalue weighted by Crippen LogP contribution is 2.29. The molecule has 2 unspecified atom stereocenters. The maximum atomic E-state index is 3.72. The van der Waals surface area contributed by atoms with Crippen LogP contribution in [0.25, 0.3) is 0 Å². The smallest absolute Gasteiger partial charge is 0.0566 e. The Bertz CT molecular complexity index is 562. The lowest BCUT2D eigenvalue weighted by atomic mass is 10.1. The van der Waals surface area contributed by atoms with Crippen molar-refractivity contribution in [1.82, 2.24) is 0 Å². The van der Waals surface area contributed by atoms with Crippen molar-refractivity contribution in [3.8, 4) is 0 Å². The molecule has 4 heteroatoms. The van der Waals surface area contributed by atoms with Crippen LogP contribution in [0.2, 0.25) is 0 Å². The van der Waals surface area contributed by atoms with Gasteiger partial charge in [-0.25, -0.2) is 0 Å². The number of para-hydroxylation sites is 2. The first-order chi connectivity index (χ1) is 10.8. The first-order valence-electron chi connectivity index (χ1n) is 7.58. The number of piperazine rings is 1. The largest absolute Gasteiger partial charge is 0.367 e. The molecule has 2 atom stereocenters. The molecule has 0 radical (unpaired) electrons. The minimum Gasteiger partial charge on any atom is -0.367 e. The lowest BCUT2D eigenvalue weighted by Crippen LogP contribution is -2.60. The van der Waals surface area contributed by atoms with Gasteiger partial charge in [-0.2, -0.15) is 0 Å². The Morgan fingerprint density at radius 3 is 1.64 bits per heavy atom. The van der Waals surface area contributed by atoms with Gasteiger partial charge in [-0.1, -0.05) is 68.3 Å². The number of rotatable bonds is 4. The zero-order valence-electron chi connectivity index (χ0n) is 12.4. The SMILES string of the molecule is BrCC1CN(c2ccccc2)CC(CBr)N1c1ccccc1. The molecule has 0 amide bonds. The Morgan fingerprint density at radius 2 is 1.18 bits per heavy atom. The third-order valence-electron chi connectivity index (χ3n) is 4.18. The average molecular weight is 424 g/mol. The highest BCUT2D eigenvalue weighted by molar-refractivity contribution is 9.09. The number of hydrogen-bond acceptors (Lipinski definition) is 2. The molecule has 22 heavy (non-hydrogen) atoms. The molecule has 0 bridgehead atoms. The second kappa shape index (κ2) is 7.51. The van der Waals surface area contributed by atoms with Crippen LogP contribution in [-0.2, 0) is 0 Å². The van der Waals surface area contributed by atoms with Gasteiger partial charge in [-0.15, -0.1) is 0 Å². The summed E-state index contributed by atoms with van der Waals surface area (Å²) in [5.74, 6) is 0. The van der Waals surface area contributed by atoms with Crippen molar-refractivity contribution in [1.29, 1.82) is 0 Å². The molecule has 1 saturated heterocycles. The van der Waals surface area contributed by atoms with E-state index >= 15 is 0 Å². The normalized spacial score (nSPS) is 21.9. The Morgan fingerprint density at radius 1 is 0.727 bits per heavy atom. The molecule has 2 aromatic carbocycles. The van der Waals surface area contributed by atoms with Gasteiger partial charge in [0.25, 0.3) is 0 Å². The third-order valence-corrected chi connectivity index (χ3v) is 5.68. The number of benzene rings is 2. The van der Waals surface area contributed by atoms with Gasteiger partial charge in [0.15, 0.2) is 0 Å². The zero-order chi connectivity index (χ0) is 15.4. The summed E-state index contributed by atoms with van der Waals surface area (Å²) < 4.78 is 0. The van der Waals surface area contributed by atoms with E-state index in [0.29, 0.717) is 12.1 Å². The van der Waals surface area contributed by atoms with E-state index in [0.717, 1.165) is 23.7 Å². The van der Waals surface area contributed by atoms with Crippen molar-refractivity contribution >= 4 is 43.2 Å². The van der Waals surface area contributed by atoms with E-state index in [9.17, 15) is 0 Å². The van der Waals surface area contributed by atoms with Crippen molar-refractivity contribution in [2.45, 2.75) is 12.1 Å². The predicted molar refractivity (Wildman–Crippen MR) is 103 cm³/mol. The summed E-state index contributed by atoms with van der Waals surface area (Å²) >= 11 is 7.44. The fourth-order valence-electron chi connectivity index (χ4n) is 3.18. The Kier molecular flexibility index (Phi) is 5.42. The van der Waals surface area contributed by atoms with Crippen molar-refractivity contribution in [2.24, 2.45) is 0 Å². The molecule has 1 fully saturated rings. The van der Waals surface area contributed by atoms with Crippen LogP contribution < -0.4 is 9.80 Å². The van der Waals surface area contributed by atoms with Gasteiger partial charge < -0.3 is 9.80 Å². The van der Waals surface area contributed by atoms with Crippen molar-refractivity contribution in [3.05, 3.63) is 60.7 Å². The molecule has 116 valence electrons. The van der Waals surface area contributed by atoms with Crippen molar-refractivity contribution in [3.63, 3.8) is 0 Å². The summed E-state index contributed by atoms with van der Waals surface area (Å²) in [4.78, 5) is 5.06. The summed E-state index contributed by atoms with van der Waals surface area (Å²) in [6.07, 6.45) is 0. The van der Waals surface area contributed by atoms with Crippen LogP contribution in [0.3, 0.4) is 0 Å². The lowest BCUT2D eigenvalue weighted by Gasteiger charge is -2.48. The van der Waals surface area contributed by atoms with Gasteiger partial charge in [0.05, 0.1) is 12.1 Å². The minimum absolute atomic E-state index is 0.457. The molecule has 3 rings (SSSR count). The molecular weight excluding hydrogens is 404 g/mol. The lowest BCUT2D eigenvalue weighted by molar-refractivity contribution is 0.486. The molecule has 0 aliphatic carbocycles. The van der Waals surface area contributed by atoms with Crippen LogP contribution in [0.5, 0.6) is 0 Å². The second-order valence-electron chi connectivity index (χ2n) is 5.60. The van der Waals surface area contributed by atoms with Gasteiger partial charge in [0, 0.05) is 35.1 Å². The van der Waals surface area contributed by atoms with E-state index in [1.807, 2.05) is 0 Å². The second-order valence-corrected chi connectivity index (χ2v) is 6.89. The highest BCUT2D eigenvalue weighted by atomic mass is 79.9. The summed E-state index contributed by atoms with van der Waals surface area (Å²) in [6, 6.07) is 22.4. The van der Waals surface area contributed by atoms with Gasteiger partial charge >= 0.3 is 0 Å². The first-order valence-corrected chi connectivity index (χ1v) is 9.83. The van der Waals surface area contributed by atoms with E-state index in [-0.39, 0.29) is 0 Å². The fraction of sp³-hybridized carbons (Fsp3) is 0.333. The quantitative estimate of drug-likeness (QED) is 0.666. The number of hydrogen-bond donors (Lipinski definition) is 0. The molecule has 2 aromatic rings. The van der Waals surface area contributed by atoms with Crippen LogP contribution in [0.1, 0.15) is 0 Å². The van der Waals surface area contributed by atoms with Gasteiger partial charge in [0.2, 0.25) is 0 Å². The minimum atomic E-state index is 0.457. The molecular formula is C18H20Br2N2. The van der Waals surface area contributed by atoms with Gasteiger partial charge in [0.1, 0.15) is 0 Å². The summed E-state index contributed by atoms with van der Waals surface area (Å²) in [5, 5.41) is 1.93. The predicted octanol–water partition coefficient (Wildman–Crippen LogP) is 4.54. The van der Waals surface area contributed by atoms with Crippen molar-refractivity contribution < 1.29 is 0 Å². The molecule has 1 aliphatic rings. The zero-order valence-corrected chi connectivity index (χ0v) is 15.6. The van der Waals surface area contributed by atoms with E-state index in [1.165, 1.54) is 11.4 Å². The summed E-state index contributed by atoms with van der Waals surface area (Å²) in [7, 11) is 0. The van der Waals surface area contributed by atoms with Crippen LogP contribution in [0, 0.1) is 0 Å². The molecule has 0 saturated carbocycles. The Balaban J connectivity index is 1.88. The first kappa shape index (κ1) is 15.9. The average Bonchev–Trinajstić information content (AvgIpc) is 2.62. The fourth-order valence-corrected chi connectivity index (χ4v) is 4.21. The Labute approximate surface area is 149 Å². The number of anilines is 2. The molecule has 1 heterocycles. The standard InChI is InChI=1S/C18H20Br2N2/c19-11-17-13-21(15-7-3-1-4-8-15)14-18(12-20)22(17)16-9-5-2-6-10-16/h1-10,17-18H,11-14H2. The third kappa shape index (κ3) is 3.33. The van der Waals surface area contributed by atoms with E-state index < -0.39 is 0 Å². The van der Waals surface area contributed by atoms with Crippen LogP contribution in [0.4, 0.5) is 11.4 Å². The molecule has 0 spiro atoms. The van der Waals surface area contributed by atoms with Crippen LogP contribution in [-0.4, -0.2) is 35.8 Å².